The molecule has 1 aromatic carbocycles. The molecular formula is C15H24N2O. The van der Waals surface area contributed by atoms with Crippen molar-refractivity contribution in [2.24, 2.45) is 0 Å². The monoisotopic (exact) mass is 248 g/mol. The standard InChI is InChI=1S/C15H24N2O/c1-3-9-18-13-5-4-8-17(11-13)15-10-12(2)6-7-14(15)16/h6-7,10,13H,3-5,8-9,11,16H2,1-2H3. The number of ether oxygens (including phenoxy) is 1. The fourth-order valence-corrected chi connectivity index (χ4v) is 2.51. The van der Waals surface area contributed by atoms with E-state index in [2.05, 4.69) is 30.9 Å². The molecule has 1 aliphatic rings. The zero-order chi connectivity index (χ0) is 13.0. The smallest absolute Gasteiger partial charge is 0.0750 e. The van der Waals surface area contributed by atoms with Crippen LogP contribution in [0.2, 0.25) is 0 Å². The number of hydrogen-bond acceptors (Lipinski definition) is 3. The van der Waals surface area contributed by atoms with Crippen LogP contribution >= 0.6 is 0 Å². The number of nitrogens with two attached hydrogens (primary N) is 1. The SMILES string of the molecule is CCCOC1CCCN(c2cc(C)ccc2N)C1. The van der Waals surface area contributed by atoms with Crippen molar-refractivity contribution >= 4 is 11.4 Å². The van der Waals surface area contributed by atoms with E-state index in [0.717, 1.165) is 31.8 Å². The molecule has 3 nitrogen and oxygen atoms in total. The van der Waals surface area contributed by atoms with Gasteiger partial charge < -0.3 is 15.4 Å². The molecule has 0 aliphatic carbocycles. The molecule has 2 rings (SSSR count). The number of piperidine rings is 1. The largest absolute Gasteiger partial charge is 0.397 e. The summed E-state index contributed by atoms with van der Waals surface area (Å²) < 4.78 is 5.87. The third-order valence-electron chi connectivity index (χ3n) is 3.46. The van der Waals surface area contributed by atoms with Gasteiger partial charge in [0, 0.05) is 19.7 Å². The molecule has 18 heavy (non-hydrogen) atoms. The Bertz CT molecular complexity index is 392. The minimum atomic E-state index is 0.360. The highest BCUT2D eigenvalue weighted by Crippen LogP contribution is 2.28. The van der Waals surface area contributed by atoms with E-state index >= 15 is 0 Å². The summed E-state index contributed by atoms with van der Waals surface area (Å²) in [6, 6.07) is 6.24. The van der Waals surface area contributed by atoms with Crippen LogP contribution in [-0.2, 0) is 4.74 Å². The molecule has 1 fully saturated rings. The molecule has 100 valence electrons. The van der Waals surface area contributed by atoms with Gasteiger partial charge in [-0.2, -0.15) is 0 Å². The molecule has 1 atom stereocenters. The average molecular weight is 248 g/mol. The molecule has 1 aromatic rings. The van der Waals surface area contributed by atoms with Crippen LogP contribution in [-0.4, -0.2) is 25.8 Å². The Hall–Kier alpha value is -1.22. The van der Waals surface area contributed by atoms with Crippen molar-refractivity contribution in [3.05, 3.63) is 23.8 Å². The van der Waals surface area contributed by atoms with Crippen molar-refractivity contribution in [2.45, 2.75) is 39.2 Å². The predicted octanol–water partition coefficient (Wildman–Crippen LogP) is 2.97. The fourth-order valence-electron chi connectivity index (χ4n) is 2.51. The lowest BCUT2D eigenvalue weighted by Gasteiger charge is -2.35. The Morgan fingerprint density at radius 1 is 1.44 bits per heavy atom. The molecule has 1 aliphatic heterocycles. The van der Waals surface area contributed by atoms with Gasteiger partial charge in [0.15, 0.2) is 0 Å². The van der Waals surface area contributed by atoms with E-state index in [0.29, 0.717) is 6.10 Å². The van der Waals surface area contributed by atoms with Gasteiger partial charge in [0.1, 0.15) is 0 Å². The van der Waals surface area contributed by atoms with Gasteiger partial charge in [0.2, 0.25) is 0 Å². The van der Waals surface area contributed by atoms with E-state index in [4.69, 9.17) is 10.5 Å². The highest BCUT2D eigenvalue weighted by molar-refractivity contribution is 5.68. The van der Waals surface area contributed by atoms with Gasteiger partial charge in [-0.3, -0.25) is 0 Å². The van der Waals surface area contributed by atoms with Crippen LogP contribution in [0.3, 0.4) is 0 Å². The Labute approximate surface area is 110 Å². The van der Waals surface area contributed by atoms with Crippen molar-refractivity contribution in [3.63, 3.8) is 0 Å². The first-order valence-corrected chi connectivity index (χ1v) is 6.93. The van der Waals surface area contributed by atoms with Gasteiger partial charge in [0.25, 0.3) is 0 Å². The summed E-state index contributed by atoms with van der Waals surface area (Å²) in [5.41, 5.74) is 9.38. The number of anilines is 2. The van der Waals surface area contributed by atoms with Crippen LogP contribution in [0.4, 0.5) is 11.4 Å². The second-order valence-electron chi connectivity index (χ2n) is 5.14. The number of hydrogen-bond donors (Lipinski definition) is 1. The van der Waals surface area contributed by atoms with Gasteiger partial charge in [-0.05, 0) is 43.9 Å². The maximum Gasteiger partial charge on any atom is 0.0750 e. The number of benzene rings is 1. The van der Waals surface area contributed by atoms with Crippen molar-refractivity contribution in [2.75, 3.05) is 30.3 Å². The Morgan fingerprint density at radius 3 is 3.06 bits per heavy atom. The number of rotatable bonds is 4. The molecule has 0 saturated carbocycles. The lowest BCUT2D eigenvalue weighted by molar-refractivity contribution is 0.0441. The maximum atomic E-state index is 6.08. The molecule has 1 saturated heterocycles. The zero-order valence-corrected chi connectivity index (χ0v) is 11.5. The number of aryl methyl sites for hydroxylation is 1. The third-order valence-corrected chi connectivity index (χ3v) is 3.46. The van der Waals surface area contributed by atoms with Gasteiger partial charge >= 0.3 is 0 Å². The number of nitrogen functional groups attached to an aromatic ring is 1. The molecular weight excluding hydrogens is 224 g/mol. The predicted molar refractivity (Wildman–Crippen MR) is 77.1 cm³/mol. The van der Waals surface area contributed by atoms with E-state index in [1.165, 1.54) is 24.1 Å². The first kappa shape index (κ1) is 13.2. The Morgan fingerprint density at radius 2 is 2.28 bits per heavy atom. The van der Waals surface area contributed by atoms with E-state index < -0.39 is 0 Å². The van der Waals surface area contributed by atoms with Gasteiger partial charge in [-0.25, -0.2) is 0 Å². The van der Waals surface area contributed by atoms with E-state index in [1.54, 1.807) is 0 Å². The number of nitrogens with zero attached hydrogens (tertiary/aromatic N) is 1. The summed E-state index contributed by atoms with van der Waals surface area (Å²) in [4.78, 5) is 2.37. The first-order valence-electron chi connectivity index (χ1n) is 6.93. The minimum absolute atomic E-state index is 0.360. The average Bonchev–Trinajstić information content (AvgIpc) is 2.39. The van der Waals surface area contributed by atoms with Crippen molar-refractivity contribution < 1.29 is 4.74 Å². The quantitative estimate of drug-likeness (QED) is 0.833. The molecule has 0 amide bonds. The van der Waals surface area contributed by atoms with Crippen LogP contribution in [0, 0.1) is 6.92 Å². The van der Waals surface area contributed by atoms with Crippen LogP contribution in [0.25, 0.3) is 0 Å². The highest BCUT2D eigenvalue weighted by atomic mass is 16.5. The summed E-state index contributed by atoms with van der Waals surface area (Å²) in [6.07, 6.45) is 3.80. The Kier molecular flexibility index (Phi) is 4.48. The fraction of sp³-hybridized carbons (Fsp3) is 0.600. The maximum absolute atomic E-state index is 6.08. The highest BCUT2D eigenvalue weighted by Gasteiger charge is 2.21. The van der Waals surface area contributed by atoms with E-state index in [9.17, 15) is 0 Å². The molecule has 0 aromatic heterocycles. The van der Waals surface area contributed by atoms with Crippen molar-refractivity contribution in [3.8, 4) is 0 Å². The molecule has 0 spiro atoms. The molecule has 3 heteroatoms. The van der Waals surface area contributed by atoms with Gasteiger partial charge in [0.05, 0.1) is 17.5 Å². The lowest BCUT2D eigenvalue weighted by Crippen LogP contribution is -2.40. The normalized spacial score (nSPS) is 20.1. The molecule has 2 N–H and O–H groups in total. The van der Waals surface area contributed by atoms with E-state index in [-0.39, 0.29) is 0 Å². The summed E-state index contributed by atoms with van der Waals surface area (Å²) in [6.45, 7) is 7.17. The summed E-state index contributed by atoms with van der Waals surface area (Å²) in [7, 11) is 0. The first-order chi connectivity index (χ1) is 8.70. The molecule has 0 bridgehead atoms. The Balaban J connectivity index is 2.05. The van der Waals surface area contributed by atoms with Gasteiger partial charge in [-0.15, -0.1) is 0 Å². The second kappa shape index (κ2) is 6.10. The third kappa shape index (κ3) is 3.16. The van der Waals surface area contributed by atoms with Crippen molar-refractivity contribution in [1.82, 2.24) is 0 Å². The zero-order valence-electron chi connectivity index (χ0n) is 11.5. The lowest BCUT2D eigenvalue weighted by atomic mass is 10.1. The summed E-state index contributed by atoms with van der Waals surface area (Å²) in [5.74, 6) is 0. The van der Waals surface area contributed by atoms with Gasteiger partial charge in [-0.1, -0.05) is 13.0 Å². The topological polar surface area (TPSA) is 38.5 Å². The molecule has 1 unspecified atom stereocenters. The molecule has 1 heterocycles. The van der Waals surface area contributed by atoms with E-state index in [1.807, 2.05) is 6.07 Å². The summed E-state index contributed by atoms with van der Waals surface area (Å²) in [5, 5.41) is 0. The van der Waals surface area contributed by atoms with Crippen LogP contribution in [0.5, 0.6) is 0 Å². The van der Waals surface area contributed by atoms with Crippen molar-refractivity contribution in [1.29, 1.82) is 0 Å². The van der Waals surface area contributed by atoms with Crippen LogP contribution in [0.1, 0.15) is 31.7 Å². The molecule has 0 radical (unpaired) electrons. The summed E-state index contributed by atoms with van der Waals surface area (Å²) >= 11 is 0. The minimum Gasteiger partial charge on any atom is -0.397 e. The van der Waals surface area contributed by atoms with Crippen LogP contribution < -0.4 is 10.6 Å². The second-order valence-corrected chi connectivity index (χ2v) is 5.14. The van der Waals surface area contributed by atoms with Crippen LogP contribution in [0.15, 0.2) is 18.2 Å².